The van der Waals surface area contributed by atoms with Gasteiger partial charge in [0.2, 0.25) is 0 Å². The molecule has 3 heterocycles. The second kappa shape index (κ2) is 17.6. The number of nitriles is 1. The van der Waals surface area contributed by atoms with Crippen LogP contribution >= 0.6 is 11.6 Å². The molecule has 2 aliphatic rings. The van der Waals surface area contributed by atoms with E-state index in [-0.39, 0.29) is 19.0 Å². The molecule has 0 bridgehead atoms. The van der Waals surface area contributed by atoms with Crippen molar-refractivity contribution in [3.8, 4) is 28.7 Å². The van der Waals surface area contributed by atoms with Crippen LogP contribution in [0.25, 0.3) is 11.1 Å². The number of ether oxygens (including phenoxy) is 3. The van der Waals surface area contributed by atoms with Crippen LogP contribution in [0.1, 0.15) is 56.6 Å². The Labute approximate surface area is 297 Å². The normalized spacial score (nSPS) is 14.3. The van der Waals surface area contributed by atoms with E-state index in [4.69, 9.17) is 35.7 Å². The van der Waals surface area contributed by atoms with Crippen LogP contribution in [0, 0.1) is 25.2 Å². The van der Waals surface area contributed by atoms with E-state index in [9.17, 15) is 10.1 Å². The van der Waals surface area contributed by atoms with Crippen LogP contribution in [0.5, 0.6) is 11.5 Å². The predicted molar refractivity (Wildman–Crippen MR) is 190 cm³/mol. The molecule has 0 aliphatic carbocycles. The lowest BCUT2D eigenvalue weighted by Gasteiger charge is -2.28. The minimum absolute atomic E-state index is 0.0414. The first kappa shape index (κ1) is 36.3. The number of halogens is 1. The summed E-state index contributed by atoms with van der Waals surface area (Å²) in [4.78, 5) is 30.2. The Morgan fingerprint density at radius 1 is 0.940 bits per heavy atom. The van der Waals surface area contributed by atoms with Crippen LogP contribution in [-0.2, 0) is 29.3 Å². The third-order valence-electron chi connectivity index (χ3n) is 9.01. The number of pyridine rings is 1. The highest BCUT2D eigenvalue weighted by Gasteiger charge is 2.22. The van der Waals surface area contributed by atoms with Gasteiger partial charge in [-0.3, -0.25) is 19.5 Å². The molecule has 0 spiro atoms. The molecule has 0 unspecified atom stereocenters. The quantitative estimate of drug-likeness (QED) is 0.178. The number of hydrogen-bond acceptors (Lipinski definition) is 8. The number of morpholine rings is 1. The first-order valence-corrected chi connectivity index (χ1v) is 17.0. The molecule has 1 N–H and O–H groups in total. The van der Waals surface area contributed by atoms with Gasteiger partial charge < -0.3 is 24.2 Å². The summed E-state index contributed by atoms with van der Waals surface area (Å²) >= 11 is 6.82. The maximum atomic E-state index is 13.4. The fourth-order valence-electron chi connectivity index (χ4n) is 6.30. The summed E-state index contributed by atoms with van der Waals surface area (Å²) in [6.07, 6.45) is 5.62. The molecule has 3 aromatic carbocycles. The zero-order valence-electron chi connectivity index (χ0n) is 28.4. The molecule has 10 nitrogen and oxygen atoms in total. The molecule has 0 saturated carbocycles. The highest BCUT2D eigenvalue weighted by molar-refractivity contribution is 6.32. The smallest absolute Gasteiger partial charge is 0.290 e. The summed E-state index contributed by atoms with van der Waals surface area (Å²) in [5.74, 6) is 1.27. The van der Waals surface area contributed by atoms with Crippen LogP contribution in [0.3, 0.4) is 0 Å². The van der Waals surface area contributed by atoms with Gasteiger partial charge in [-0.1, -0.05) is 41.9 Å². The Morgan fingerprint density at radius 2 is 1.62 bits per heavy atom. The lowest BCUT2D eigenvalue weighted by molar-refractivity contribution is -0.122. The fourth-order valence-corrected chi connectivity index (χ4v) is 6.54. The molecule has 0 atom stereocenters. The number of amides is 1. The topological polar surface area (TPSA) is 125 Å². The number of carbonyl (C=O) groups is 2. The van der Waals surface area contributed by atoms with E-state index < -0.39 is 0 Å². The van der Waals surface area contributed by atoms with E-state index in [1.54, 1.807) is 12.3 Å². The number of carbonyl (C=O) groups excluding carboxylic acids is 1. The van der Waals surface area contributed by atoms with Crippen molar-refractivity contribution >= 4 is 24.0 Å². The molecule has 2 aliphatic heterocycles. The maximum absolute atomic E-state index is 13.4. The number of benzene rings is 3. The number of likely N-dealkylation sites (tertiary alicyclic amines) is 1. The number of rotatable bonds is 10. The average Bonchev–Trinajstić information content (AvgIpc) is 3.65. The second-order valence-corrected chi connectivity index (χ2v) is 12.6. The van der Waals surface area contributed by atoms with Crippen molar-refractivity contribution in [2.24, 2.45) is 0 Å². The number of aromatic nitrogens is 1. The minimum Gasteiger partial charge on any atom is -0.488 e. The molecule has 11 heteroatoms. The Hall–Kier alpha value is -4.95. The molecule has 2 saturated heterocycles. The summed E-state index contributed by atoms with van der Waals surface area (Å²) in [5.41, 5.74) is 8.16. The number of nitrogens with zero attached hydrogens (tertiary/aromatic N) is 4. The van der Waals surface area contributed by atoms with Crippen molar-refractivity contribution in [1.29, 1.82) is 5.26 Å². The summed E-state index contributed by atoms with van der Waals surface area (Å²) in [6.45, 7) is 9.60. The van der Waals surface area contributed by atoms with E-state index >= 15 is 0 Å². The summed E-state index contributed by atoms with van der Waals surface area (Å²) < 4.78 is 18.1. The molecule has 0 radical (unpaired) electrons. The van der Waals surface area contributed by atoms with E-state index in [2.05, 4.69) is 41.1 Å². The van der Waals surface area contributed by atoms with Crippen molar-refractivity contribution in [2.45, 2.75) is 46.4 Å². The number of hydrogen-bond donors (Lipinski definition) is 1. The van der Waals surface area contributed by atoms with E-state index in [0.29, 0.717) is 60.6 Å². The van der Waals surface area contributed by atoms with Gasteiger partial charge in [-0.25, -0.2) is 0 Å². The third kappa shape index (κ3) is 8.98. The zero-order chi connectivity index (χ0) is 35.5. The van der Waals surface area contributed by atoms with E-state index in [1.165, 1.54) is 19.0 Å². The van der Waals surface area contributed by atoms with Crippen LogP contribution in [0.4, 0.5) is 0 Å². The standard InChI is InChI=1S/C38H39ClN4O4.CH2O2/c1-26-30(7-5-8-32(26)33-9-6-10-34(27(33)2)38(44)43-13-15-45-16-14-43)25-47-37-19-36(46-24-29-17-28(20-40)21-41-22-29)31(18-35(37)39)23-42-11-3-4-12-42;2-1-3/h5-10,17-19,21-22H,3-4,11-16,23-25H2,1-2H3;1H,(H,2,3). The molecule has 50 heavy (non-hydrogen) atoms. The van der Waals surface area contributed by atoms with Gasteiger partial charge >= 0.3 is 0 Å². The Morgan fingerprint density at radius 3 is 2.34 bits per heavy atom. The van der Waals surface area contributed by atoms with Gasteiger partial charge in [0.05, 0.1) is 23.8 Å². The Balaban J connectivity index is 0.00000156. The van der Waals surface area contributed by atoms with Crippen LogP contribution in [0.2, 0.25) is 5.02 Å². The van der Waals surface area contributed by atoms with E-state index in [1.807, 2.05) is 42.2 Å². The monoisotopic (exact) mass is 696 g/mol. The molecule has 1 aromatic heterocycles. The largest absolute Gasteiger partial charge is 0.488 e. The predicted octanol–water partition coefficient (Wildman–Crippen LogP) is 6.82. The minimum atomic E-state index is -0.250. The first-order valence-electron chi connectivity index (χ1n) is 16.6. The van der Waals surface area contributed by atoms with Gasteiger partial charge in [0.25, 0.3) is 12.4 Å². The molecule has 4 aromatic rings. The van der Waals surface area contributed by atoms with Gasteiger partial charge in [-0.15, -0.1) is 0 Å². The van der Waals surface area contributed by atoms with Gasteiger partial charge in [-0.2, -0.15) is 5.26 Å². The molecule has 2 fully saturated rings. The zero-order valence-corrected chi connectivity index (χ0v) is 29.1. The SMILES string of the molecule is Cc1c(COc2cc(OCc3cncc(C#N)c3)c(CN3CCCC3)cc2Cl)cccc1-c1cccc(C(=O)N2CCOCC2)c1C.O=CO. The lowest BCUT2D eigenvalue weighted by atomic mass is 9.91. The Bertz CT molecular complexity index is 1850. The molecule has 260 valence electrons. The lowest BCUT2D eigenvalue weighted by Crippen LogP contribution is -2.41. The number of carboxylic acid groups (broad SMARTS) is 1. The van der Waals surface area contributed by atoms with Gasteiger partial charge in [0.15, 0.2) is 0 Å². The highest BCUT2D eigenvalue weighted by atomic mass is 35.5. The van der Waals surface area contributed by atoms with Gasteiger partial charge in [0.1, 0.15) is 30.8 Å². The summed E-state index contributed by atoms with van der Waals surface area (Å²) in [7, 11) is 0. The van der Waals surface area contributed by atoms with Crippen molar-refractivity contribution in [3.63, 3.8) is 0 Å². The molecule has 6 rings (SSSR count). The van der Waals surface area contributed by atoms with Crippen molar-refractivity contribution in [3.05, 3.63) is 111 Å². The second-order valence-electron chi connectivity index (χ2n) is 12.2. The molecule has 1 amide bonds. The van der Waals surface area contributed by atoms with Gasteiger partial charge in [-0.05, 0) is 85.8 Å². The molecular formula is C39H41ClN4O6. The van der Waals surface area contributed by atoms with Crippen LogP contribution < -0.4 is 9.47 Å². The van der Waals surface area contributed by atoms with Crippen molar-refractivity contribution < 1.29 is 28.9 Å². The van der Waals surface area contributed by atoms with Crippen LogP contribution in [0.15, 0.2) is 67.0 Å². The van der Waals surface area contributed by atoms with E-state index in [0.717, 1.165) is 58.6 Å². The summed E-state index contributed by atoms with van der Waals surface area (Å²) in [6, 6.07) is 19.8. The first-order chi connectivity index (χ1) is 24.3. The van der Waals surface area contributed by atoms with Crippen molar-refractivity contribution in [2.75, 3.05) is 39.4 Å². The maximum Gasteiger partial charge on any atom is 0.290 e. The van der Waals surface area contributed by atoms with Gasteiger partial charge in [0, 0.05) is 54.8 Å². The van der Waals surface area contributed by atoms with Crippen molar-refractivity contribution in [1.82, 2.24) is 14.8 Å². The summed E-state index contributed by atoms with van der Waals surface area (Å²) in [5, 5.41) is 16.7. The fraction of sp³-hybridized carbons (Fsp3) is 0.333. The van der Waals surface area contributed by atoms with Crippen LogP contribution in [-0.4, -0.2) is 71.7 Å². The molecular weight excluding hydrogens is 656 g/mol. The third-order valence-corrected chi connectivity index (χ3v) is 9.30. The average molecular weight is 697 g/mol. The Kier molecular flexibility index (Phi) is 12.8. The highest BCUT2D eigenvalue weighted by Crippen LogP contribution is 2.36.